The lowest BCUT2D eigenvalue weighted by Gasteiger charge is -2.03. The molecule has 7 nitrogen and oxygen atoms in total. The Labute approximate surface area is 90.8 Å². The number of hydrogen-bond donors (Lipinski definition) is 2. The molecule has 0 aliphatic rings. The molecule has 16 heavy (non-hydrogen) atoms. The minimum atomic E-state index is -0.347. The Morgan fingerprint density at radius 1 is 1.44 bits per heavy atom. The molecule has 0 atom stereocenters. The van der Waals surface area contributed by atoms with E-state index in [2.05, 4.69) is 25.7 Å². The summed E-state index contributed by atoms with van der Waals surface area (Å²) >= 11 is 0. The van der Waals surface area contributed by atoms with Crippen molar-refractivity contribution in [2.24, 2.45) is 0 Å². The molecular weight excluding hydrogens is 210 g/mol. The van der Waals surface area contributed by atoms with E-state index in [1.165, 1.54) is 19.5 Å². The van der Waals surface area contributed by atoms with Crippen LogP contribution in [-0.4, -0.2) is 33.4 Å². The van der Waals surface area contributed by atoms with Crippen LogP contribution in [0.5, 0.6) is 5.88 Å². The first kappa shape index (κ1) is 10.1. The third-order valence-corrected chi connectivity index (χ3v) is 1.85. The largest absolute Gasteiger partial charge is 0.481 e. The lowest BCUT2D eigenvalue weighted by molar-refractivity contribution is 0.102. The first-order chi connectivity index (χ1) is 7.79. The molecule has 82 valence electrons. The topological polar surface area (TPSA) is 92.8 Å². The van der Waals surface area contributed by atoms with Crippen LogP contribution in [0, 0.1) is 0 Å². The second-order valence-corrected chi connectivity index (χ2v) is 2.90. The van der Waals surface area contributed by atoms with Crippen molar-refractivity contribution in [2.75, 3.05) is 12.4 Å². The van der Waals surface area contributed by atoms with Gasteiger partial charge >= 0.3 is 0 Å². The maximum atomic E-state index is 11.5. The molecule has 0 bridgehead atoms. The Hall–Kier alpha value is -2.44. The van der Waals surface area contributed by atoms with E-state index in [9.17, 15) is 4.79 Å². The molecule has 0 fully saturated rings. The van der Waals surface area contributed by atoms with E-state index < -0.39 is 0 Å². The highest BCUT2D eigenvalue weighted by Gasteiger charge is 2.08. The lowest BCUT2D eigenvalue weighted by Crippen LogP contribution is -2.12. The predicted molar refractivity (Wildman–Crippen MR) is 55.1 cm³/mol. The van der Waals surface area contributed by atoms with Crippen LogP contribution in [0.4, 0.5) is 5.69 Å². The van der Waals surface area contributed by atoms with Gasteiger partial charge in [-0.1, -0.05) is 0 Å². The van der Waals surface area contributed by atoms with E-state index in [1.807, 2.05) is 0 Å². The van der Waals surface area contributed by atoms with Crippen LogP contribution in [0.25, 0.3) is 0 Å². The van der Waals surface area contributed by atoms with Gasteiger partial charge in [-0.2, -0.15) is 15.4 Å². The average Bonchev–Trinajstić information content (AvgIpc) is 2.83. The normalized spacial score (nSPS) is 9.81. The third kappa shape index (κ3) is 2.14. The van der Waals surface area contributed by atoms with Crippen LogP contribution in [0.2, 0.25) is 0 Å². The smallest absolute Gasteiger partial charge is 0.277 e. The highest BCUT2D eigenvalue weighted by molar-refractivity contribution is 6.02. The number of pyridine rings is 1. The molecule has 0 unspecified atom stereocenters. The number of nitrogens with one attached hydrogen (secondary N) is 2. The van der Waals surface area contributed by atoms with Crippen LogP contribution >= 0.6 is 0 Å². The molecule has 1 amide bonds. The molecule has 0 saturated carbocycles. The fourth-order valence-electron chi connectivity index (χ4n) is 1.08. The van der Waals surface area contributed by atoms with Gasteiger partial charge in [0.1, 0.15) is 0 Å². The minimum Gasteiger partial charge on any atom is -0.481 e. The van der Waals surface area contributed by atoms with Gasteiger partial charge in [-0.3, -0.25) is 4.79 Å². The SMILES string of the molecule is COc1ccc(NC(=O)c2cn[nH]n2)cn1. The Balaban J connectivity index is 2.06. The van der Waals surface area contributed by atoms with Gasteiger partial charge in [0.15, 0.2) is 5.69 Å². The number of aromatic amines is 1. The number of amides is 1. The molecule has 0 aliphatic carbocycles. The summed E-state index contributed by atoms with van der Waals surface area (Å²) in [6, 6.07) is 3.34. The molecule has 2 aromatic heterocycles. The van der Waals surface area contributed by atoms with E-state index >= 15 is 0 Å². The van der Waals surface area contributed by atoms with Crippen LogP contribution in [0.3, 0.4) is 0 Å². The maximum Gasteiger partial charge on any atom is 0.277 e. The van der Waals surface area contributed by atoms with Gasteiger partial charge in [0.25, 0.3) is 5.91 Å². The van der Waals surface area contributed by atoms with Crippen molar-refractivity contribution in [3.8, 4) is 5.88 Å². The number of aromatic nitrogens is 4. The number of hydrogen-bond acceptors (Lipinski definition) is 5. The summed E-state index contributed by atoms with van der Waals surface area (Å²) in [7, 11) is 1.52. The molecule has 0 radical (unpaired) electrons. The van der Waals surface area contributed by atoms with Gasteiger partial charge < -0.3 is 10.1 Å². The highest BCUT2D eigenvalue weighted by Crippen LogP contribution is 2.11. The van der Waals surface area contributed by atoms with E-state index in [0.717, 1.165) is 0 Å². The standard InChI is InChI=1S/C9H9N5O2/c1-16-8-3-2-6(4-10-8)12-9(15)7-5-11-14-13-7/h2-5H,1H3,(H,12,15)(H,11,13,14). The zero-order valence-corrected chi connectivity index (χ0v) is 8.47. The third-order valence-electron chi connectivity index (χ3n) is 1.85. The number of rotatable bonds is 3. The Morgan fingerprint density at radius 3 is 2.88 bits per heavy atom. The number of H-pyrrole nitrogens is 1. The fourth-order valence-corrected chi connectivity index (χ4v) is 1.08. The summed E-state index contributed by atoms with van der Waals surface area (Å²) in [5.41, 5.74) is 0.782. The van der Waals surface area contributed by atoms with E-state index in [1.54, 1.807) is 12.1 Å². The van der Waals surface area contributed by atoms with Gasteiger partial charge in [0.2, 0.25) is 5.88 Å². The number of nitrogens with zero attached hydrogens (tertiary/aromatic N) is 3. The second-order valence-electron chi connectivity index (χ2n) is 2.90. The van der Waals surface area contributed by atoms with Crippen molar-refractivity contribution in [1.82, 2.24) is 20.4 Å². The Bertz CT molecular complexity index is 465. The van der Waals surface area contributed by atoms with Crippen molar-refractivity contribution >= 4 is 11.6 Å². The fraction of sp³-hybridized carbons (Fsp3) is 0.111. The number of methoxy groups -OCH3 is 1. The molecule has 2 N–H and O–H groups in total. The first-order valence-electron chi connectivity index (χ1n) is 4.47. The lowest BCUT2D eigenvalue weighted by atomic mass is 10.4. The zero-order chi connectivity index (χ0) is 11.4. The summed E-state index contributed by atoms with van der Waals surface area (Å²) in [5.74, 6) is 0.139. The van der Waals surface area contributed by atoms with Crippen LogP contribution in [-0.2, 0) is 0 Å². The molecule has 2 rings (SSSR count). The van der Waals surface area contributed by atoms with Crippen molar-refractivity contribution < 1.29 is 9.53 Å². The summed E-state index contributed by atoms with van der Waals surface area (Å²) in [6.45, 7) is 0. The molecule has 0 spiro atoms. The maximum absolute atomic E-state index is 11.5. The van der Waals surface area contributed by atoms with Gasteiger partial charge in [0.05, 0.1) is 25.2 Å². The van der Waals surface area contributed by atoms with E-state index in [-0.39, 0.29) is 11.6 Å². The number of carbonyl (C=O) groups excluding carboxylic acids is 1. The Morgan fingerprint density at radius 2 is 2.31 bits per heavy atom. The monoisotopic (exact) mass is 219 g/mol. The van der Waals surface area contributed by atoms with Crippen LogP contribution < -0.4 is 10.1 Å². The van der Waals surface area contributed by atoms with Crippen LogP contribution in [0.15, 0.2) is 24.5 Å². The first-order valence-corrected chi connectivity index (χ1v) is 4.47. The quantitative estimate of drug-likeness (QED) is 0.782. The molecular formula is C9H9N5O2. The van der Waals surface area contributed by atoms with Gasteiger partial charge in [-0.05, 0) is 6.07 Å². The highest BCUT2D eigenvalue weighted by atomic mass is 16.5. The zero-order valence-electron chi connectivity index (χ0n) is 8.47. The second kappa shape index (κ2) is 4.39. The van der Waals surface area contributed by atoms with Gasteiger partial charge in [-0.15, -0.1) is 0 Å². The minimum absolute atomic E-state index is 0.218. The van der Waals surface area contributed by atoms with E-state index in [4.69, 9.17) is 4.74 Å². The molecule has 0 aliphatic heterocycles. The Kier molecular flexibility index (Phi) is 2.77. The summed E-state index contributed by atoms with van der Waals surface area (Å²) in [6.07, 6.45) is 2.84. The van der Waals surface area contributed by atoms with Crippen LogP contribution in [0.1, 0.15) is 10.5 Å². The molecule has 0 aromatic carbocycles. The summed E-state index contributed by atoms with van der Waals surface area (Å²) < 4.78 is 4.90. The van der Waals surface area contributed by atoms with Crippen molar-refractivity contribution in [1.29, 1.82) is 0 Å². The number of anilines is 1. The van der Waals surface area contributed by atoms with Gasteiger partial charge in [-0.25, -0.2) is 4.98 Å². The van der Waals surface area contributed by atoms with Crippen molar-refractivity contribution in [3.05, 3.63) is 30.2 Å². The van der Waals surface area contributed by atoms with Crippen molar-refractivity contribution in [3.63, 3.8) is 0 Å². The predicted octanol–water partition coefficient (Wildman–Crippen LogP) is 0.461. The number of ether oxygens (including phenoxy) is 1. The molecule has 2 aromatic rings. The molecule has 0 saturated heterocycles. The molecule has 2 heterocycles. The summed E-state index contributed by atoms with van der Waals surface area (Å²) in [4.78, 5) is 15.5. The van der Waals surface area contributed by atoms with Crippen molar-refractivity contribution in [2.45, 2.75) is 0 Å². The summed E-state index contributed by atoms with van der Waals surface area (Å²) in [5, 5.41) is 12.2. The average molecular weight is 219 g/mol. The number of carbonyl (C=O) groups is 1. The van der Waals surface area contributed by atoms with E-state index in [0.29, 0.717) is 11.6 Å². The molecule has 7 heteroatoms. The van der Waals surface area contributed by atoms with Gasteiger partial charge in [0, 0.05) is 6.07 Å².